The maximum Gasteiger partial charge on any atom is 0.223 e. The van der Waals surface area contributed by atoms with Crippen molar-refractivity contribution in [3.63, 3.8) is 0 Å². The van der Waals surface area contributed by atoms with Crippen molar-refractivity contribution in [3.05, 3.63) is 0 Å². The van der Waals surface area contributed by atoms with Gasteiger partial charge in [0.25, 0.3) is 0 Å². The molecule has 0 radical (unpaired) electrons. The van der Waals surface area contributed by atoms with Gasteiger partial charge in [-0.3, -0.25) is 10.1 Å². The Morgan fingerprint density at radius 2 is 2.21 bits per heavy atom. The molecule has 2 fully saturated rings. The number of carbonyl (C=O) groups is 1. The zero-order valence-corrected chi connectivity index (χ0v) is 8.96. The molecule has 0 spiro atoms. The van der Waals surface area contributed by atoms with E-state index in [1.807, 2.05) is 0 Å². The number of amides is 1. The number of nitrogens with zero attached hydrogens (tertiary/aromatic N) is 1. The number of hydrogen-bond donors (Lipinski definition) is 1. The molecule has 2 aliphatic heterocycles. The maximum absolute atomic E-state index is 11.7. The largest absolute Gasteiger partial charge is 0.327 e. The van der Waals surface area contributed by atoms with Crippen LogP contribution in [0.25, 0.3) is 0 Å². The summed E-state index contributed by atoms with van der Waals surface area (Å²) in [6.45, 7) is 4.27. The number of carbonyl (C=O) groups excluding carboxylic acids is 1. The predicted octanol–water partition coefficient (Wildman–Crippen LogP) is 1.34. The van der Waals surface area contributed by atoms with E-state index in [1.54, 1.807) is 0 Å². The van der Waals surface area contributed by atoms with Crippen molar-refractivity contribution in [1.82, 2.24) is 10.2 Å². The van der Waals surface area contributed by atoms with Crippen LogP contribution in [0.3, 0.4) is 0 Å². The number of likely N-dealkylation sites (tertiary alicyclic amines) is 1. The Hall–Kier alpha value is -0.570. The van der Waals surface area contributed by atoms with Crippen molar-refractivity contribution in [2.75, 3.05) is 13.1 Å². The van der Waals surface area contributed by atoms with Crippen molar-refractivity contribution in [1.29, 1.82) is 0 Å². The lowest BCUT2D eigenvalue weighted by Crippen LogP contribution is -2.53. The molecule has 1 amide bonds. The highest BCUT2D eigenvalue weighted by Gasteiger charge is 2.29. The van der Waals surface area contributed by atoms with E-state index in [2.05, 4.69) is 17.1 Å². The van der Waals surface area contributed by atoms with Crippen molar-refractivity contribution < 1.29 is 4.79 Å². The maximum atomic E-state index is 11.7. The molecule has 0 bridgehead atoms. The molecule has 0 aromatic carbocycles. The first-order valence-electron chi connectivity index (χ1n) is 5.80. The predicted molar refractivity (Wildman–Crippen MR) is 55.8 cm³/mol. The van der Waals surface area contributed by atoms with E-state index < -0.39 is 0 Å². The summed E-state index contributed by atoms with van der Waals surface area (Å²) in [6, 6.07) is 0. The third-order valence-electron chi connectivity index (χ3n) is 3.34. The Bertz CT molecular complexity index is 211. The van der Waals surface area contributed by atoms with E-state index in [1.165, 1.54) is 12.8 Å². The van der Waals surface area contributed by atoms with Crippen molar-refractivity contribution in [3.8, 4) is 0 Å². The normalized spacial score (nSPS) is 34.6. The first-order valence-corrected chi connectivity index (χ1v) is 5.80. The minimum absolute atomic E-state index is 0.332. The molecule has 0 aromatic rings. The molecule has 2 saturated heterocycles. The Morgan fingerprint density at radius 3 is 2.93 bits per heavy atom. The van der Waals surface area contributed by atoms with E-state index in [-0.39, 0.29) is 0 Å². The topological polar surface area (TPSA) is 32.3 Å². The van der Waals surface area contributed by atoms with Gasteiger partial charge in [0.05, 0.1) is 6.17 Å². The number of nitrogens with one attached hydrogen (secondary N) is 1. The Morgan fingerprint density at radius 1 is 1.36 bits per heavy atom. The van der Waals surface area contributed by atoms with Crippen LogP contribution in [0.2, 0.25) is 0 Å². The van der Waals surface area contributed by atoms with Crippen LogP contribution in [-0.4, -0.2) is 30.1 Å². The van der Waals surface area contributed by atoms with Gasteiger partial charge in [0.2, 0.25) is 5.91 Å². The van der Waals surface area contributed by atoms with Crippen molar-refractivity contribution in [2.45, 2.75) is 45.2 Å². The van der Waals surface area contributed by atoms with Gasteiger partial charge in [0.15, 0.2) is 0 Å². The van der Waals surface area contributed by atoms with Crippen molar-refractivity contribution >= 4 is 5.91 Å². The summed E-state index contributed by atoms with van der Waals surface area (Å²) < 4.78 is 0. The van der Waals surface area contributed by atoms with Crippen LogP contribution in [0, 0.1) is 5.92 Å². The first kappa shape index (κ1) is 9.97. The highest BCUT2D eigenvalue weighted by molar-refractivity contribution is 5.77. The molecule has 3 heteroatoms. The number of hydrogen-bond acceptors (Lipinski definition) is 2. The minimum Gasteiger partial charge on any atom is -0.327 e. The highest BCUT2D eigenvalue weighted by atomic mass is 16.2. The number of piperidine rings is 2. The van der Waals surface area contributed by atoms with E-state index >= 15 is 0 Å². The fourth-order valence-corrected chi connectivity index (χ4v) is 2.44. The summed E-state index contributed by atoms with van der Waals surface area (Å²) in [7, 11) is 0. The molecule has 2 rings (SSSR count). The number of rotatable bonds is 1. The quantitative estimate of drug-likeness (QED) is 0.686. The standard InChI is InChI=1S/C11H20N2O/c1-9-5-6-11(14)13(8-9)10-4-2-3-7-12-10/h9-10,12H,2-8H2,1H3. The summed E-state index contributed by atoms with van der Waals surface area (Å²) in [4.78, 5) is 13.8. The monoisotopic (exact) mass is 196 g/mol. The molecule has 14 heavy (non-hydrogen) atoms. The van der Waals surface area contributed by atoms with E-state index in [9.17, 15) is 4.79 Å². The second-order valence-corrected chi connectivity index (χ2v) is 4.66. The van der Waals surface area contributed by atoms with Gasteiger partial charge in [-0.1, -0.05) is 6.92 Å². The lowest BCUT2D eigenvalue weighted by Gasteiger charge is -2.39. The summed E-state index contributed by atoms with van der Waals surface area (Å²) in [5, 5.41) is 3.44. The van der Waals surface area contributed by atoms with Gasteiger partial charge in [0.1, 0.15) is 0 Å². The average Bonchev–Trinajstić information content (AvgIpc) is 2.23. The van der Waals surface area contributed by atoms with E-state index in [4.69, 9.17) is 0 Å². The van der Waals surface area contributed by atoms with E-state index in [0.29, 0.717) is 18.0 Å². The molecule has 80 valence electrons. The Balaban J connectivity index is 1.96. The zero-order chi connectivity index (χ0) is 9.97. The second kappa shape index (κ2) is 4.30. The van der Waals surface area contributed by atoms with Crippen molar-refractivity contribution in [2.24, 2.45) is 5.92 Å². The molecular formula is C11H20N2O. The second-order valence-electron chi connectivity index (χ2n) is 4.66. The molecule has 2 heterocycles. The van der Waals surface area contributed by atoms with Gasteiger partial charge in [-0.15, -0.1) is 0 Å². The Labute approximate surface area is 85.8 Å². The fourth-order valence-electron chi connectivity index (χ4n) is 2.44. The molecular weight excluding hydrogens is 176 g/mol. The van der Waals surface area contributed by atoms with Crippen LogP contribution in [-0.2, 0) is 4.79 Å². The van der Waals surface area contributed by atoms with Gasteiger partial charge in [-0.25, -0.2) is 0 Å². The lowest BCUT2D eigenvalue weighted by atomic mass is 9.97. The van der Waals surface area contributed by atoms with Crippen LogP contribution in [0.4, 0.5) is 0 Å². The van der Waals surface area contributed by atoms with Crippen LogP contribution in [0.5, 0.6) is 0 Å². The lowest BCUT2D eigenvalue weighted by molar-refractivity contribution is -0.138. The van der Waals surface area contributed by atoms with Gasteiger partial charge in [-0.2, -0.15) is 0 Å². The highest BCUT2D eigenvalue weighted by Crippen LogP contribution is 2.21. The van der Waals surface area contributed by atoms with Gasteiger partial charge < -0.3 is 4.90 Å². The van der Waals surface area contributed by atoms with Gasteiger partial charge in [-0.05, 0) is 38.1 Å². The van der Waals surface area contributed by atoms with Gasteiger partial charge in [0, 0.05) is 13.0 Å². The van der Waals surface area contributed by atoms with Crippen LogP contribution in [0.1, 0.15) is 39.0 Å². The summed E-state index contributed by atoms with van der Waals surface area (Å²) in [5.74, 6) is 1.03. The smallest absolute Gasteiger partial charge is 0.223 e. The molecule has 0 aromatic heterocycles. The van der Waals surface area contributed by atoms with Crippen LogP contribution >= 0.6 is 0 Å². The fraction of sp³-hybridized carbons (Fsp3) is 0.909. The molecule has 2 aliphatic rings. The first-order chi connectivity index (χ1) is 6.77. The minimum atomic E-state index is 0.332. The third-order valence-corrected chi connectivity index (χ3v) is 3.34. The average molecular weight is 196 g/mol. The SMILES string of the molecule is CC1CCC(=O)N(C2CCCCN2)C1. The zero-order valence-electron chi connectivity index (χ0n) is 8.96. The third kappa shape index (κ3) is 2.08. The molecule has 0 aliphatic carbocycles. The summed E-state index contributed by atoms with van der Waals surface area (Å²) in [5.41, 5.74) is 0. The van der Waals surface area contributed by atoms with Crippen LogP contribution < -0.4 is 5.32 Å². The summed E-state index contributed by atoms with van der Waals surface area (Å²) in [6.07, 6.45) is 5.81. The molecule has 2 unspecified atom stereocenters. The summed E-state index contributed by atoms with van der Waals surface area (Å²) >= 11 is 0. The van der Waals surface area contributed by atoms with Gasteiger partial charge >= 0.3 is 0 Å². The molecule has 0 saturated carbocycles. The molecule has 2 atom stereocenters. The molecule has 1 N–H and O–H groups in total. The molecule has 3 nitrogen and oxygen atoms in total. The van der Waals surface area contributed by atoms with Crippen LogP contribution in [0.15, 0.2) is 0 Å². The Kier molecular flexibility index (Phi) is 3.06. The van der Waals surface area contributed by atoms with E-state index in [0.717, 1.165) is 32.4 Å².